The van der Waals surface area contributed by atoms with Crippen LogP contribution in [-0.4, -0.2) is 50.1 Å². The van der Waals surface area contributed by atoms with E-state index in [0.717, 1.165) is 25.8 Å². The summed E-state index contributed by atoms with van der Waals surface area (Å²) in [6, 6.07) is 0. The summed E-state index contributed by atoms with van der Waals surface area (Å²) in [7, 11) is 1.65. The number of nitrogens with zero attached hydrogens (tertiary/aromatic N) is 1. The first-order chi connectivity index (χ1) is 8.25. The summed E-state index contributed by atoms with van der Waals surface area (Å²) < 4.78 is 4.91. The van der Waals surface area contributed by atoms with Crippen LogP contribution in [0, 0.1) is 11.8 Å². The monoisotopic (exact) mass is 240 g/mol. The van der Waals surface area contributed by atoms with Gasteiger partial charge in [0.25, 0.3) is 0 Å². The van der Waals surface area contributed by atoms with Gasteiger partial charge in [0.2, 0.25) is 11.8 Å². The van der Waals surface area contributed by atoms with Crippen molar-refractivity contribution in [2.75, 3.05) is 33.4 Å². The number of ether oxygens (including phenoxy) is 1. The largest absolute Gasteiger partial charge is 0.383 e. The number of rotatable bonds is 6. The Labute approximate surface area is 101 Å². The quantitative estimate of drug-likeness (QED) is 0.525. The first-order valence-electron chi connectivity index (χ1n) is 6.30. The van der Waals surface area contributed by atoms with E-state index in [4.69, 9.17) is 4.74 Å². The number of carbonyl (C=O) groups excluding carboxylic acids is 2. The van der Waals surface area contributed by atoms with Gasteiger partial charge in [-0.3, -0.25) is 14.5 Å². The third kappa shape index (κ3) is 2.50. The summed E-state index contributed by atoms with van der Waals surface area (Å²) >= 11 is 0. The molecule has 5 nitrogen and oxygen atoms in total. The summed E-state index contributed by atoms with van der Waals surface area (Å²) in [4.78, 5) is 25.4. The molecule has 1 aliphatic heterocycles. The topological polar surface area (TPSA) is 58.6 Å². The Morgan fingerprint density at radius 3 is 2.47 bits per heavy atom. The van der Waals surface area contributed by atoms with E-state index >= 15 is 0 Å². The first-order valence-corrected chi connectivity index (χ1v) is 6.30. The number of imide groups is 1. The minimum absolute atomic E-state index is 0.0125. The van der Waals surface area contributed by atoms with Crippen molar-refractivity contribution in [1.82, 2.24) is 10.2 Å². The van der Waals surface area contributed by atoms with Crippen LogP contribution in [0.5, 0.6) is 0 Å². The number of hydrogen-bond acceptors (Lipinski definition) is 4. The minimum Gasteiger partial charge on any atom is -0.383 e. The zero-order valence-corrected chi connectivity index (χ0v) is 10.3. The molecule has 96 valence electrons. The maximum absolute atomic E-state index is 12.0. The molecule has 2 rings (SSSR count). The van der Waals surface area contributed by atoms with Crippen LogP contribution in [0.2, 0.25) is 0 Å². The summed E-state index contributed by atoms with van der Waals surface area (Å²) in [6.07, 6.45) is 2.80. The normalized spacial score (nSPS) is 27.9. The Morgan fingerprint density at radius 1 is 1.24 bits per heavy atom. The highest BCUT2D eigenvalue weighted by Gasteiger charge is 2.49. The fourth-order valence-electron chi connectivity index (χ4n) is 2.77. The van der Waals surface area contributed by atoms with Gasteiger partial charge in [-0.05, 0) is 12.8 Å². The van der Waals surface area contributed by atoms with Crippen LogP contribution in [0.4, 0.5) is 0 Å². The lowest BCUT2D eigenvalue weighted by Crippen LogP contribution is -2.38. The number of hydrogen-bond donors (Lipinski definition) is 1. The molecule has 0 bridgehead atoms. The predicted octanol–water partition coefficient (Wildman–Crippen LogP) is 0.00750. The number of carbonyl (C=O) groups is 2. The molecule has 5 heteroatoms. The van der Waals surface area contributed by atoms with Gasteiger partial charge in [0, 0.05) is 26.7 Å². The van der Waals surface area contributed by atoms with Gasteiger partial charge >= 0.3 is 0 Å². The van der Waals surface area contributed by atoms with Crippen LogP contribution >= 0.6 is 0 Å². The number of nitrogens with one attached hydrogen (secondary N) is 1. The van der Waals surface area contributed by atoms with Crippen molar-refractivity contribution in [2.45, 2.75) is 19.3 Å². The average Bonchev–Trinajstić information content (AvgIpc) is 2.88. The number of amides is 2. The van der Waals surface area contributed by atoms with Crippen molar-refractivity contribution in [3.05, 3.63) is 0 Å². The van der Waals surface area contributed by atoms with Gasteiger partial charge in [-0.1, -0.05) is 6.42 Å². The standard InChI is InChI=1S/C12H20N2O3/c1-17-8-6-13-5-7-14-11(15)9-3-2-4-10(9)12(14)16/h9-10,13H,2-8H2,1H3. The highest BCUT2D eigenvalue weighted by molar-refractivity contribution is 6.05. The SMILES string of the molecule is COCCNCCN1C(=O)C2CCCC2C1=O. The highest BCUT2D eigenvalue weighted by Crippen LogP contribution is 2.39. The molecule has 2 unspecified atom stereocenters. The molecule has 2 fully saturated rings. The Morgan fingerprint density at radius 2 is 1.88 bits per heavy atom. The fraction of sp³-hybridized carbons (Fsp3) is 0.833. The molecule has 1 aliphatic carbocycles. The molecule has 0 aromatic rings. The molecule has 1 N–H and O–H groups in total. The van der Waals surface area contributed by atoms with Crippen LogP contribution in [0.3, 0.4) is 0 Å². The zero-order valence-electron chi connectivity index (χ0n) is 10.3. The van der Waals surface area contributed by atoms with Crippen LogP contribution in [-0.2, 0) is 14.3 Å². The van der Waals surface area contributed by atoms with Crippen molar-refractivity contribution in [3.63, 3.8) is 0 Å². The second kappa shape index (κ2) is 5.60. The smallest absolute Gasteiger partial charge is 0.233 e. The number of fused-ring (bicyclic) bond motifs is 1. The van der Waals surface area contributed by atoms with Crippen LogP contribution in [0.25, 0.3) is 0 Å². The Bertz CT molecular complexity index is 284. The van der Waals surface area contributed by atoms with E-state index in [1.807, 2.05) is 0 Å². The van der Waals surface area contributed by atoms with E-state index in [-0.39, 0.29) is 23.7 Å². The molecule has 2 atom stereocenters. The second-order valence-corrected chi connectivity index (χ2v) is 4.71. The van der Waals surface area contributed by atoms with Crippen molar-refractivity contribution in [3.8, 4) is 0 Å². The van der Waals surface area contributed by atoms with E-state index < -0.39 is 0 Å². The van der Waals surface area contributed by atoms with Gasteiger partial charge in [0.15, 0.2) is 0 Å². The summed E-state index contributed by atoms with van der Waals surface area (Å²) in [5, 5.41) is 3.15. The van der Waals surface area contributed by atoms with Gasteiger partial charge in [-0.15, -0.1) is 0 Å². The maximum Gasteiger partial charge on any atom is 0.233 e. The molecular formula is C12H20N2O3. The van der Waals surface area contributed by atoms with E-state index in [1.54, 1.807) is 7.11 Å². The van der Waals surface area contributed by atoms with E-state index in [0.29, 0.717) is 19.7 Å². The molecule has 0 aromatic carbocycles. The van der Waals surface area contributed by atoms with Crippen LogP contribution in [0.15, 0.2) is 0 Å². The Kier molecular flexibility index (Phi) is 4.12. The molecule has 0 spiro atoms. The summed E-state index contributed by atoms with van der Waals surface area (Å²) in [6.45, 7) is 2.54. The van der Waals surface area contributed by atoms with Crippen molar-refractivity contribution in [1.29, 1.82) is 0 Å². The second-order valence-electron chi connectivity index (χ2n) is 4.71. The van der Waals surface area contributed by atoms with Crippen molar-refractivity contribution < 1.29 is 14.3 Å². The summed E-state index contributed by atoms with van der Waals surface area (Å²) in [5.74, 6) is 0.0695. The summed E-state index contributed by atoms with van der Waals surface area (Å²) in [5.41, 5.74) is 0. The third-order valence-electron chi connectivity index (χ3n) is 3.68. The molecule has 1 heterocycles. The molecular weight excluding hydrogens is 220 g/mol. The van der Waals surface area contributed by atoms with Gasteiger partial charge < -0.3 is 10.1 Å². The maximum atomic E-state index is 12.0. The molecule has 2 aliphatic rings. The minimum atomic E-state index is -0.0125. The van der Waals surface area contributed by atoms with Crippen molar-refractivity contribution >= 4 is 11.8 Å². The fourth-order valence-corrected chi connectivity index (χ4v) is 2.77. The van der Waals surface area contributed by atoms with Crippen LogP contribution in [0.1, 0.15) is 19.3 Å². The first kappa shape index (κ1) is 12.5. The van der Waals surface area contributed by atoms with Gasteiger partial charge in [-0.25, -0.2) is 0 Å². The lowest BCUT2D eigenvalue weighted by atomic mass is 10.00. The molecule has 0 radical (unpaired) electrons. The Balaban J connectivity index is 1.77. The molecule has 1 saturated heterocycles. The van der Waals surface area contributed by atoms with Gasteiger partial charge in [-0.2, -0.15) is 0 Å². The zero-order chi connectivity index (χ0) is 12.3. The van der Waals surface area contributed by atoms with E-state index in [2.05, 4.69) is 5.32 Å². The molecule has 17 heavy (non-hydrogen) atoms. The molecule has 0 aromatic heterocycles. The van der Waals surface area contributed by atoms with Crippen LogP contribution < -0.4 is 5.32 Å². The molecule has 1 saturated carbocycles. The average molecular weight is 240 g/mol. The predicted molar refractivity (Wildman–Crippen MR) is 62.3 cm³/mol. The van der Waals surface area contributed by atoms with Gasteiger partial charge in [0.05, 0.1) is 18.4 Å². The molecule has 2 amide bonds. The Hall–Kier alpha value is -0.940. The number of likely N-dealkylation sites (tertiary alicyclic amines) is 1. The lowest BCUT2D eigenvalue weighted by Gasteiger charge is -2.15. The highest BCUT2D eigenvalue weighted by atomic mass is 16.5. The van der Waals surface area contributed by atoms with E-state index in [1.165, 1.54) is 4.90 Å². The van der Waals surface area contributed by atoms with Crippen molar-refractivity contribution in [2.24, 2.45) is 11.8 Å². The lowest BCUT2D eigenvalue weighted by molar-refractivity contribution is -0.140. The van der Waals surface area contributed by atoms with E-state index in [9.17, 15) is 9.59 Å². The van der Waals surface area contributed by atoms with Gasteiger partial charge in [0.1, 0.15) is 0 Å². The third-order valence-corrected chi connectivity index (χ3v) is 3.68. The number of methoxy groups -OCH3 is 1.